The molecule has 8 heteroatoms. The normalized spacial score (nSPS) is 15.7. The molecule has 198 valence electrons. The van der Waals surface area contributed by atoms with Gasteiger partial charge < -0.3 is 9.64 Å². The fourth-order valence-electron chi connectivity index (χ4n) is 5.16. The molecule has 0 bridgehead atoms. The Bertz CT molecular complexity index is 1520. The van der Waals surface area contributed by atoms with Crippen LogP contribution in [0.5, 0.6) is 0 Å². The summed E-state index contributed by atoms with van der Waals surface area (Å²) >= 11 is 1.71. The molecule has 3 aromatic carbocycles. The number of thiophene rings is 1. The highest BCUT2D eigenvalue weighted by atomic mass is 32.2. The average molecular weight is 549 g/mol. The number of benzene rings is 3. The van der Waals surface area contributed by atoms with E-state index < -0.39 is 10.0 Å². The summed E-state index contributed by atoms with van der Waals surface area (Å²) in [5, 5.41) is 3.57. The van der Waals surface area contributed by atoms with Gasteiger partial charge in [0.2, 0.25) is 15.9 Å². The Morgan fingerprint density at radius 2 is 1.82 bits per heavy atom. The highest BCUT2D eigenvalue weighted by Gasteiger charge is 2.36. The molecule has 38 heavy (non-hydrogen) atoms. The Kier molecular flexibility index (Phi) is 7.95. The summed E-state index contributed by atoms with van der Waals surface area (Å²) in [5.41, 5.74) is 3.31. The number of carbonyl (C=O) groups excluding carboxylic acids is 1. The van der Waals surface area contributed by atoms with Crippen molar-refractivity contribution in [3.8, 4) is 0 Å². The molecule has 4 aromatic rings. The number of sulfonamides is 1. The largest absolute Gasteiger partial charge is 0.385 e. The van der Waals surface area contributed by atoms with E-state index in [0.717, 1.165) is 28.5 Å². The van der Waals surface area contributed by atoms with Crippen LogP contribution in [0.2, 0.25) is 0 Å². The minimum atomic E-state index is -3.95. The van der Waals surface area contributed by atoms with Gasteiger partial charge in [-0.25, -0.2) is 8.42 Å². The number of ether oxygens (including phenoxy) is 1. The van der Waals surface area contributed by atoms with Crippen molar-refractivity contribution in [2.75, 3.05) is 33.4 Å². The molecule has 0 N–H and O–H groups in total. The maximum atomic E-state index is 14.0. The monoisotopic (exact) mass is 548 g/mol. The number of hydrogen-bond acceptors (Lipinski definition) is 5. The summed E-state index contributed by atoms with van der Waals surface area (Å²) in [6.45, 7) is 2.96. The van der Waals surface area contributed by atoms with Gasteiger partial charge in [-0.1, -0.05) is 66.2 Å². The molecule has 1 amide bonds. The smallest absolute Gasteiger partial charge is 0.244 e. The van der Waals surface area contributed by atoms with Crippen LogP contribution < -0.4 is 0 Å². The van der Waals surface area contributed by atoms with Crippen molar-refractivity contribution in [1.82, 2.24) is 9.21 Å². The first kappa shape index (κ1) is 26.6. The number of aryl methyl sites for hydroxylation is 1. The summed E-state index contributed by atoms with van der Waals surface area (Å²) in [4.78, 5) is 17.3. The van der Waals surface area contributed by atoms with E-state index >= 15 is 0 Å². The Hall–Kier alpha value is -3.04. The highest BCUT2D eigenvalue weighted by Crippen LogP contribution is 2.38. The number of fused-ring (bicyclic) bond motifs is 2. The van der Waals surface area contributed by atoms with Gasteiger partial charge in [0.1, 0.15) is 0 Å². The quantitative estimate of drug-likeness (QED) is 0.262. The van der Waals surface area contributed by atoms with Crippen LogP contribution in [0.1, 0.15) is 34.0 Å². The van der Waals surface area contributed by atoms with E-state index in [0.29, 0.717) is 25.0 Å². The Morgan fingerprint density at radius 3 is 2.61 bits per heavy atom. The number of methoxy groups -OCH3 is 1. The molecule has 6 nitrogen and oxygen atoms in total. The number of carbonyl (C=O) groups is 1. The lowest BCUT2D eigenvalue weighted by atomic mass is 9.92. The molecule has 0 saturated heterocycles. The maximum absolute atomic E-state index is 14.0. The zero-order valence-corrected chi connectivity index (χ0v) is 23.3. The second-order valence-corrected chi connectivity index (χ2v) is 12.5. The first-order chi connectivity index (χ1) is 18.4. The molecule has 1 aliphatic rings. The predicted octanol–water partition coefficient (Wildman–Crippen LogP) is 5.41. The second-order valence-electron chi connectivity index (χ2n) is 9.61. The summed E-state index contributed by atoms with van der Waals surface area (Å²) < 4.78 is 34.6. The minimum absolute atomic E-state index is 0.192. The fraction of sp³-hybridized carbons (Fsp3) is 0.300. The zero-order chi connectivity index (χ0) is 26.7. The van der Waals surface area contributed by atoms with E-state index in [9.17, 15) is 13.2 Å². The third kappa shape index (κ3) is 5.27. The number of hydrogen-bond donors (Lipinski definition) is 0. The molecule has 0 aliphatic carbocycles. The number of nitrogens with zero attached hydrogens (tertiary/aromatic N) is 2. The Balaban J connectivity index is 1.49. The molecular weight excluding hydrogens is 516 g/mol. The van der Waals surface area contributed by atoms with Crippen LogP contribution in [-0.4, -0.2) is 56.9 Å². The van der Waals surface area contributed by atoms with E-state index in [4.69, 9.17) is 4.74 Å². The van der Waals surface area contributed by atoms with Crippen LogP contribution in [0, 0.1) is 6.92 Å². The van der Waals surface area contributed by atoms with Gasteiger partial charge in [-0.05, 0) is 53.8 Å². The number of rotatable bonds is 9. The van der Waals surface area contributed by atoms with E-state index in [1.165, 1.54) is 9.18 Å². The predicted molar refractivity (Wildman–Crippen MR) is 152 cm³/mol. The summed E-state index contributed by atoms with van der Waals surface area (Å²) in [6, 6.07) is 22.8. The van der Waals surface area contributed by atoms with Gasteiger partial charge in [0, 0.05) is 37.1 Å². The van der Waals surface area contributed by atoms with Crippen molar-refractivity contribution >= 4 is 38.0 Å². The topological polar surface area (TPSA) is 66.9 Å². The first-order valence-electron chi connectivity index (χ1n) is 12.8. The Morgan fingerprint density at radius 1 is 1.05 bits per heavy atom. The molecular formula is C30H32N2O4S2. The van der Waals surface area contributed by atoms with E-state index in [1.54, 1.807) is 30.6 Å². The van der Waals surface area contributed by atoms with Gasteiger partial charge in [-0.15, -0.1) is 11.3 Å². The minimum Gasteiger partial charge on any atom is -0.385 e. The molecule has 0 fully saturated rings. The zero-order valence-electron chi connectivity index (χ0n) is 21.7. The van der Waals surface area contributed by atoms with Crippen LogP contribution in [0.3, 0.4) is 0 Å². The summed E-state index contributed by atoms with van der Waals surface area (Å²) in [6.07, 6.45) is 1.25. The van der Waals surface area contributed by atoms with E-state index in [2.05, 4.69) is 35.7 Å². The number of amides is 1. The van der Waals surface area contributed by atoms with Crippen molar-refractivity contribution in [2.24, 2.45) is 0 Å². The van der Waals surface area contributed by atoms with Crippen LogP contribution in [0.25, 0.3) is 10.8 Å². The lowest BCUT2D eigenvalue weighted by Crippen LogP contribution is -2.47. The molecule has 1 aliphatic heterocycles. The molecule has 2 heterocycles. The third-order valence-corrected chi connectivity index (χ3v) is 10.0. The van der Waals surface area contributed by atoms with E-state index in [1.807, 2.05) is 42.2 Å². The van der Waals surface area contributed by atoms with Crippen LogP contribution in [0.15, 0.2) is 83.1 Å². The molecule has 1 atom stereocenters. The summed E-state index contributed by atoms with van der Waals surface area (Å²) in [5.74, 6) is -0.200. The lowest BCUT2D eigenvalue weighted by Gasteiger charge is -2.37. The van der Waals surface area contributed by atoms with Crippen LogP contribution in [0.4, 0.5) is 0 Å². The Labute approximate surface area is 228 Å². The van der Waals surface area contributed by atoms with Crippen molar-refractivity contribution in [3.63, 3.8) is 0 Å². The SMILES string of the molecule is COCCCN(CC(=O)N1CCc2sccc2C1c1ccc(C)cc1)S(=O)(=O)c1cccc2ccccc12. The summed E-state index contributed by atoms with van der Waals surface area (Å²) in [7, 11) is -2.36. The molecule has 1 aromatic heterocycles. The first-order valence-corrected chi connectivity index (χ1v) is 15.1. The van der Waals surface area contributed by atoms with Gasteiger partial charge in [-0.2, -0.15) is 4.31 Å². The molecule has 0 spiro atoms. The highest BCUT2D eigenvalue weighted by molar-refractivity contribution is 7.89. The molecule has 5 rings (SSSR count). The standard InChI is InChI=1S/C30H32N2O4S2/c1-22-11-13-24(14-12-22)30-26-16-20-37-27(26)15-18-32(30)29(33)21-31(17-6-19-36-2)38(34,35)28-10-5-8-23-7-3-4-9-25(23)28/h3-5,7-14,16,20,30H,6,15,17-19,21H2,1-2H3. The average Bonchev–Trinajstić information content (AvgIpc) is 3.41. The van der Waals surface area contributed by atoms with Crippen molar-refractivity contribution in [3.05, 3.63) is 99.7 Å². The molecule has 0 radical (unpaired) electrons. The van der Waals surface area contributed by atoms with Gasteiger partial charge in [-0.3, -0.25) is 4.79 Å². The van der Waals surface area contributed by atoms with Gasteiger partial charge in [0.25, 0.3) is 0 Å². The van der Waals surface area contributed by atoms with Gasteiger partial charge >= 0.3 is 0 Å². The molecule has 0 saturated carbocycles. The van der Waals surface area contributed by atoms with Gasteiger partial charge in [0.05, 0.1) is 17.5 Å². The van der Waals surface area contributed by atoms with Crippen LogP contribution in [-0.2, 0) is 26.0 Å². The van der Waals surface area contributed by atoms with Crippen LogP contribution >= 0.6 is 11.3 Å². The second kappa shape index (κ2) is 11.4. The third-order valence-electron chi connectivity index (χ3n) is 7.11. The van der Waals surface area contributed by atoms with Gasteiger partial charge in [0.15, 0.2) is 0 Å². The van der Waals surface area contributed by atoms with Crippen molar-refractivity contribution in [1.29, 1.82) is 0 Å². The van der Waals surface area contributed by atoms with Crippen molar-refractivity contribution in [2.45, 2.75) is 30.7 Å². The van der Waals surface area contributed by atoms with E-state index in [-0.39, 0.29) is 29.9 Å². The van der Waals surface area contributed by atoms with Crippen molar-refractivity contribution < 1.29 is 17.9 Å². The molecule has 1 unspecified atom stereocenters. The lowest BCUT2D eigenvalue weighted by molar-refractivity contribution is -0.133. The fourth-order valence-corrected chi connectivity index (χ4v) is 7.71. The maximum Gasteiger partial charge on any atom is 0.244 e.